The highest BCUT2D eigenvalue weighted by Gasteiger charge is 2.25. The van der Waals surface area contributed by atoms with Crippen LogP contribution in [-0.4, -0.2) is 17.2 Å². The van der Waals surface area contributed by atoms with Crippen LogP contribution < -0.4 is 10.5 Å². The number of fused-ring (bicyclic) bond motifs is 1. The Labute approximate surface area is 81.3 Å². The van der Waals surface area contributed by atoms with E-state index in [1.54, 1.807) is 6.07 Å². The molecule has 1 heterocycles. The van der Waals surface area contributed by atoms with Gasteiger partial charge in [0.2, 0.25) is 0 Å². The summed E-state index contributed by atoms with van der Waals surface area (Å²) in [6, 6.07) is 3.20. The van der Waals surface area contributed by atoms with Crippen LogP contribution in [0.5, 0.6) is 5.75 Å². The van der Waals surface area contributed by atoms with Crippen LogP contribution in [0.25, 0.3) is 0 Å². The number of hydrogen-bond donors (Lipinski definition) is 2. The fourth-order valence-corrected chi connectivity index (χ4v) is 1.72. The first-order valence-electron chi connectivity index (χ1n) is 4.40. The molecule has 0 fully saturated rings. The number of rotatable bonds is 1. The molecule has 0 amide bonds. The van der Waals surface area contributed by atoms with Crippen molar-refractivity contribution in [3.05, 3.63) is 23.3 Å². The second-order valence-corrected chi connectivity index (χ2v) is 3.49. The Morgan fingerprint density at radius 3 is 3.00 bits per heavy atom. The van der Waals surface area contributed by atoms with Crippen LogP contribution in [0.15, 0.2) is 12.1 Å². The summed E-state index contributed by atoms with van der Waals surface area (Å²) in [5.74, 6) is -0.526. The van der Waals surface area contributed by atoms with E-state index >= 15 is 0 Å². The summed E-state index contributed by atoms with van der Waals surface area (Å²) in [4.78, 5) is 10.9. The van der Waals surface area contributed by atoms with E-state index in [2.05, 4.69) is 0 Å². The van der Waals surface area contributed by atoms with Crippen LogP contribution in [0.2, 0.25) is 0 Å². The maximum Gasteiger partial charge on any atom is 0.339 e. The Balaban J connectivity index is 2.57. The van der Waals surface area contributed by atoms with Crippen LogP contribution in [0.1, 0.15) is 22.8 Å². The molecule has 2 rings (SSSR count). The van der Waals surface area contributed by atoms with Crippen molar-refractivity contribution in [2.45, 2.75) is 19.4 Å². The smallest absolute Gasteiger partial charge is 0.339 e. The predicted molar refractivity (Wildman–Crippen MR) is 51.6 cm³/mol. The number of aromatic carboxylic acids is 1. The highest BCUT2D eigenvalue weighted by atomic mass is 16.5. The summed E-state index contributed by atoms with van der Waals surface area (Å²) in [5.41, 5.74) is 7.11. The fourth-order valence-electron chi connectivity index (χ4n) is 1.72. The van der Waals surface area contributed by atoms with Crippen LogP contribution in [0.4, 0.5) is 5.69 Å². The van der Waals surface area contributed by atoms with Crippen molar-refractivity contribution in [3.8, 4) is 5.75 Å². The SMILES string of the molecule is CC1Cc2cc(N)cc(C(=O)O)c2O1. The lowest BCUT2D eigenvalue weighted by Gasteiger charge is -2.06. The summed E-state index contributed by atoms with van der Waals surface area (Å²) in [6.45, 7) is 1.90. The Morgan fingerprint density at radius 2 is 2.36 bits per heavy atom. The number of nitrogens with two attached hydrogens (primary N) is 1. The van der Waals surface area contributed by atoms with Crippen molar-refractivity contribution in [2.24, 2.45) is 0 Å². The lowest BCUT2D eigenvalue weighted by molar-refractivity contribution is 0.0692. The molecule has 0 bridgehead atoms. The minimum atomic E-state index is -0.998. The van der Waals surface area contributed by atoms with Crippen molar-refractivity contribution in [2.75, 3.05) is 5.73 Å². The second-order valence-electron chi connectivity index (χ2n) is 3.49. The molecule has 1 atom stereocenters. The molecule has 4 nitrogen and oxygen atoms in total. The zero-order chi connectivity index (χ0) is 10.3. The van der Waals surface area contributed by atoms with Gasteiger partial charge in [0.15, 0.2) is 0 Å². The van der Waals surface area contributed by atoms with Crippen molar-refractivity contribution in [1.29, 1.82) is 0 Å². The zero-order valence-corrected chi connectivity index (χ0v) is 7.78. The van der Waals surface area contributed by atoms with Gasteiger partial charge in [0.25, 0.3) is 0 Å². The topological polar surface area (TPSA) is 72.6 Å². The summed E-state index contributed by atoms with van der Waals surface area (Å²) >= 11 is 0. The van der Waals surface area contributed by atoms with E-state index < -0.39 is 5.97 Å². The minimum Gasteiger partial charge on any atom is -0.489 e. The molecule has 74 valence electrons. The predicted octanol–water partition coefficient (Wildman–Crippen LogP) is 1.29. The largest absolute Gasteiger partial charge is 0.489 e. The van der Waals surface area contributed by atoms with Gasteiger partial charge < -0.3 is 15.6 Å². The third-order valence-electron chi connectivity index (χ3n) is 2.24. The normalized spacial score (nSPS) is 18.8. The van der Waals surface area contributed by atoms with Gasteiger partial charge in [0.05, 0.1) is 0 Å². The van der Waals surface area contributed by atoms with E-state index in [0.717, 1.165) is 12.0 Å². The molecule has 0 aromatic heterocycles. The highest BCUT2D eigenvalue weighted by Crippen LogP contribution is 2.34. The molecule has 1 aromatic rings. The highest BCUT2D eigenvalue weighted by molar-refractivity contribution is 5.93. The van der Waals surface area contributed by atoms with Gasteiger partial charge in [0, 0.05) is 17.7 Å². The van der Waals surface area contributed by atoms with Crippen molar-refractivity contribution in [3.63, 3.8) is 0 Å². The van der Waals surface area contributed by atoms with E-state index in [9.17, 15) is 4.79 Å². The van der Waals surface area contributed by atoms with Crippen molar-refractivity contribution < 1.29 is 14.6 Å². The van der Waals surface area contributed by atoms with Gasteiger partial charge in [-0.15, -0.1) is 0 Å². The van der Waals surface area contributed by atoms with Crippen LogP contribution in [0.3, 0.4) is 0 Å². The number of ether oxygens (including phenoxy) is 1. The lowest BCUT2D eigenvalue weighted by atomic mass is 10.1. The minimum absolute atomic E-state index is 0.0323. The quantitative estimate of drug-likeness (QED) is 0.659. The van der Waals surface area contributed by atoms with E-state index in [1.807, 2.05) is 6.92 Å². The third kappa shape index (κ3) is 1.28. The number of carboxylic acids is 1. The Morgan fingerprint density at radius 1 is 1.64 bits per heavy atom. The van der Waals surface area contributed by atoms with Gasteiger partial charge in [-0.3, -0.25) is 0 Å². The van der Waals surface area contributed by atoms with Crippen LogP contribution in [0, 0.1) is 0 Å². The van der Waals surface area contributed by atoms with Crippen LogP contribution >= 0.6 is 0 Å². The molecular weight excluding hydrogens is 182 g/mol. The Bertz CT molecular complexity index is 401. The Hall–Kier alpha value is -1.71. The number of anilines is 1. The monoisotopic (exact) mass is 193 g/mol. The first-order valence-corrected chi connectivity index (χ1v) is 4.40. The van der Waals surface area contributed by atoms with Gasteiger partial charge in [-0.05, 0) is 19.1 Å². The van der Waals surface area contributed by atoms with E-state index in [-0.39, 0.29) is 11.7 Å². The van der Waals surface area contributed by atoms with Crippen molar-refractivity contribution in [1.82, 2.24) is 0 Å². The van der Waals surface area contributed by atoms with Crippen LogP contribution in [-0.2, 0) is 6.42 Å². The Kier molecular flexibility index (Phi) is 1.84. The van der Waals surface area contributed by atoms with Gasteiger partial charge in [-0.2, -0.15) is 0 Å². The summed E-state index contributed by atoms with van der Waals surface area (Å²) in [5, 5.41) is 8.92. The molecule has 1 aromatic carbocycles. The lowest BCUT2D eigenvalue weighted by Crippen LogP contribution is -2.07. The maximum atomic E-state index is 10.9. The molecule has 0 aliphatic carbocycles. The molecule has 14 heavy (non-hydrogen) atoms. The molecule has 0 saturated carbocycles. The molecule has 1 unspecified atom stereocenters. The molecule has 4 heteroatoms. The van der Waals surface area contributed by atoms with Crippen molar-refractivity contribution >= 4 is 11.7 Å². The molecule has 1 aliphatic heterocycles. The molecule has 0 radical (unpaired) electrons. The molecular formula is C10H11NO3. The number of carboxylic acid groups (broad SMARTS) is 1. The number of nitrogen functional groups attached to an aromatic ring is 1. The van der Waals surface area contributed by atoms with E-state index in [0.29, 0.717) is 11.4 Å². The molecule has 0 spiro atoms. The number of hydrogen-bond acceptors (Lipinski definition) is 3. The molecule has 1 aliphatic rings. The molecule has 0 saturated heterocycles. The first-order chi connectivity index (χ1) is 6.58. The van der Waals surface area contributed by atoms with E-state index in [4.69, 9.17) is 15.6 Å². The number of benzene rings is 1. The van der Waals surface area contributed by atoms with E-state index in [1.165, 1.54) is 6.07 Å². The fraction of sp³-hybridized carbons (Fsp3) is 0.300. The summed E-state index contributed by atoms with van der Waals surface area (Å²) in [7, 11) is 0. The second kappa shape index (κ2) is 2.90. The van der Waals surface area contributed by atoms with Gasteiger partial charge >= 0.3 is 5.97 Å². The van der Waals surface area contributed by atoms with Gasteiger partial charge in [0.1, 0.15) is 17.4 Å². The standard InChI is InChI=1S/C10H11NO3/c1-5-2-6-3-7(11)4-8(10(12)13)9(6)14-5/h3-5H,2,11H2,1H3,(H,12,13). The maximum absolute atomic E-state index is 10.9. The molecule has 3 N–H and O–H groups in total. The summed E-state index contributed by atoms with van der Waals surface area (Å²) in [6.07, 6.45) is 0.755. The third-order valence-corrected chi connectivity index (χ3v) is 2.24. The number of carbonyl (C=O) groups is 1. The zero-order valence-electron chi connectivity index (χ0n) is 7.78. The average molecular weight is 193 g/mol. The average Bonchev–Trinajstić information content (AvgIpc) is 2.42. The summed E-state index contributed by atoms with van der Waals surface area (Å²) < 4.78 is 5.42. The first kappa shape index (κ1) is 8.87. The van der Waals surface area contributed by atoms with Gasteiger partial charge in [-0.1, -0.05) is 0 Å². The van der Waals surface area contributed by atoms with Gasteiger partial charge in [-0.25, -0.2) is 4.79 Å².